The van der Waals surface area contributed by atoms with Gasteiger partial charge >= 0.3 is 0 Å². The summed E-state index contributed by atoms with van der Waals surface area (Å²) in [5.41, 5.74) is 5.80. The number of methoxy groups -OCH3 is 2. The molecule has 0 radical (unpaired) electrons. The normalized spacial score (nSPS) is 14.8. The van der Waals surface area contributed by atoms with Crippen LogP contribution in [-0.4, -0.2) is 60.2 Å². The number of nitrogens with zero attached hydrogens (tertiary/aromatic N) is 3. The van der Waals surface area contributed by atoms with Crippen LogP contribution in [0.5, 0.6) is 11.5 Å². The van der Waals surface area contributed by atoms with Crippen molar-refractivity contribution in [2.24, 2.45) is 0 Å². The number of aryl methyl sites for hydroxylation is 1. The van der Waals surface area contributed by atoms with Crippen molar-refractivity contribution in [2.75, 3.05) is 40.4 Å². The molecule has 0 bridgehead atoms. The molecule has 1 N–H and O–H groups in total. The molecule has 0 saturated carbocycles. The quantitative estimate of drug-likeness (QED) is 0.369. The molecule has 186 valence electrons. The minimum Gasteiger partial charge on any atom is -0.497 e. The third kappa shape index (κ3) is 5.15. The van der Waals surface area contributed by atoms with Gasteiger partial charge in [0.05, 0.1) is 31.5 Å². The highest BCUT2D eigenvalue weighted by atomic mass is 16.5. The van der Waals surface area contributed by atoms with Crippen LogP contribution in [0.1, 0.15) is 28.6 Å². The van der Waals surface area contributed by atoms with Gasteiger partial charge in [-0.25, -0.2) is 4.98 Å². The number of H-pyrrole nitrogens is 1. The Morgan fingerprint density at radius 3 is 2.06 bits per heavy atom. The average molecular weight is 483 g/mol. The van der Waals surface area contributed by atoms with Crippen molar-refractivity contribution in [2.45, 2.75) is 19.5 Å². The van der Waals surface area contributed by atoms with Crippen molar-refractivity contribution in [3.63, 3.8) is 0 Å². The minimum atomic E-state index is 0.274. The molecular formula is C30H34N4O2. The van der Waals surface area contributed by atoms with Gasteiger partial charge in [0, 0.05) is 44.5 Å². The standard InChI is InChI=1S/C30H34N4O2/c1-22-27(32-30(31-22)26-15-14-25(35-2)20-28(26)36-3)21-33-16-18-34(19-17-33)29(23-10-6-4-7-11-23)24-12-8-5-9-13-24/h4-15,20,29H,16-19,21H2,1-3H3,(H,31,32). The predicted molar refractivity (Wildman–Crippen MR) is 143 cm³/mol. The van der Waals surface area contributed by atoms with Crippen LogP contribution in [0.2, 0.25) is 0 Å². The SMILES string of the molecule is COc1ccc(-c2nc(CN3CCN(C(c4ccccc4)c4ccccc4)CC3)c(C)[nH]2)c(OC)c1. The largest absolute Gasteiger partial charge is 0.497 e. The van der Waals surface area contributed by atoms with Crippen molar-refractivity contribution in [1.29, 1.82) is 0 Å². The zero-order chi connectivity index (χ0) is 24.9. The maximum absolute atomic E-state index is 5.59. The molecule has 1 aliphatic heterocycles. The maximum Gasteiger partial charge on any atom is 0.141 e. The van der Waals surface area contributed by atoms with E-state index in [1.807, 2.05) is 18.2 Å². The van der Waals surface area contributed by atoms with Gasteiger partial charge in [0.2, 0.25) is 0 Å². The lowest BCUT2D eigenvalue weighted by atomic mass is 9.96. The number of piperazine rings is 1. The highest BCUT2D eigenvalue weighted by Gasteiger charge is 2.27. The molecule has 5 rings (SSSR count). The van der Waals surface area contributed by atoms with Gasteiger partial charge in [-0.15, -0.1) is 0 Å². The van der Waals surface area contributed by atoms with Gasteiger partial charge < -0.3 is 14.5 Å². The number of imidazole rings is 1. The van der Waals surface area contributed by atoms with E-state index in [-0.39, 0.29) is 6.04 Å². The van der Waals surface area contributed by atoms with Gasteiger partial charge in [-0.05, 0) is 30.2 Å². The molecule has 36 heavy (non-hydrogen) atoms. The second-order valence-electron chi connectivity index (χ2n) is 9.26. The van der Waals surface area contributed by atoms with E-state index < -0.39 is 0 Å². The van der Waals surface area contributed by atoms with Gasteiger partial charge in [0.15, 0.2) is 0 Å². The fourth-order valence-corrected chi connectivity index (χ4v) is 5.05. The molecule has 1 aliphatic rings. The van der Waals surface area contributed by atoms with Crippen molar-refractivity contribution in [1.82, 2.24) is 19.8 Å². The Labute approximate surface area is 213 Å². The van der Waals surface area contributed by atoms with Gasteiger partial charge in [0.1, 0.15) is 17.3 Å². The lowest BCUT2D eigenvalue weighted by Gasteiger charge is -2.39. The number of aromatic amines is 1. The van der Waals surface area contributed by atoms with Crippen molar-refractivity contribution in [3.05, 3.63) is 101 Å². The molecule has 0 amide bonds. The zero-order valence-corrected chi connectivity index (χ0v) is 21.3. The van der Waals surface area contributed by atoms with E-state index in [0.717, 1.165) is 67.0 Å². The van der Waals surface area contributed by atoms with E-state index in [1.54, 1.807) is 14.2 Å². The second-order valence-corrected chi connectivity index (χ2v) is 9.26. The molecule has 0 atom stereocenters. The molecular weight excluding hydrogens is 448 g/mol. The molecule has 1 saturated heterocycles. The highest BCUT2D eigenvalue weighted by molar-refractivity contribution is 5.66. The maximum atomic E-state index is 5.59. The van der Waals surface area contributed by atoms with E-state index in [2.05, 4.69) is 82.4 Å². The molecule has 4 aromatic rings. The summed E-state index contributed by atoms with van der Waals surface area (Å²) in [6.45, 7) is 6.95. The highest BCUT2D eigenvalue weighted by Crippen LogP contribution is 2.33. The Kier molecular flexibility index (Phi) is 7.35. The van der Waals surface area contributed by atoms with Crippen LogP contribution >= 0.6 is 0 Å². The lowest BCUT2D eigenvalue weighted by molar-refractivity contribution is 0.104. The summed E-state index contributed by atoms with van der Waals surface area (Å²) in [4.78, 5) is 13.5. The first-order valence-electron chi connectivity index (χ1n) is 12.5. The molecule has 6 heteroatoms. The molecule has 0 aliphatic carbocycles. The van der Waals surface area contributed by atoms with Crippen LogP contribution in [0.25, 0.3) is 11.4 Å². The first-order valence-corrected chi connectivity index (χ1v) is 12.5. The molecule has 1 fully saturated rings. The Morgan fingerprint density at radius 2 is 1.47 bits per heavy atom. The van der Waals surface area contributed by atoms with Gasteiger partial charge in [-0.3, -0.25) is 9.80 Å². The van der Waals surface area contributed by atoms with E-state index in [1.165, 1.54) is 11.1 Å². The minimum absolute atomic E-state index is 0.274. The predicted octanol–water partition coefficient (Wildman–Crippen LogP) is 5.31. The fraction of sp³-hybridized carbons (Fsp3) is 0.300. The van der Waals surface area contributed by atoms with Crippen molar-refractivity contribution < 1.29 is 9.47 Å². The molecule has 3 aromatic carbocycles. The van der Waals surface area contributed by atoms with E-state index in [4.69, 9.17) is 14.5 Å². The summed E-state index contributed by atoms with van der Waals surface area (Å²) in [5, 5.41) is 0. The van der Waals surface area contributed by atoms with Crippen molar-refractivity contribution >= 4 is 0 Å². The Bertz CT molecular complexity index is 1230. The summed E-state index contributed by atoms with van der Waals surface area (Å²) >= 11 is 0. The number of ether oxygens (including phenoxy) is 2. The summed E-state index contributed by atoms with van der Waals surface area (Å²) in [6, 6.07) is 27.8. The van der Waals surface area contributed by atoms with Gasteiger partial charge in [-0.1, -0.05) is 60.7 Å². The third-order valence-corrected chi connectivity index (χ3v) is 7.03. The van der Waals surface area contributed by atoms with E-state index >= 15 is 0 Å². The number of nitrogens with one attached hydrogen (secondary N) is 1. The summed E-state index contributed by atoms with van der Waals surface area (Å²) < 4.78 is 10.9. The first-order chi connectivity index (χ1) is 17.7. The molecule has 6 nitrogen and oxygen atoms in total. The zero-order valence-electron chi connectivity index (χ0n) is 21.3. The fourth-order valence-electron chi connectivity index (χ4n) is 5.05. The first kappa shape index (κ1) is 24.1. The van der Waals surface area contributed by atoms with Crippen LogP contribution in [0.15, 0.2) is 78.9 Å². The summed E-state index contributed by atoms with van der Waals surface area (Å²) in [6.07, 6.45) is 0. The Balaban J connectivity index is 1.29. The molecule has 1 aromatic heterocycles. The number of hydrogen-bond donors (Lipinski definition) is 1. The number of benzene rings is 3. The molecule has 0 spiro atoms. The van der Waals surface area contributed by atoms with Crippen LogP contribution in [0.4, 0.5) is 0 Å². The second kappa shape index (κ2) is 11.0. The third-order valence-electron chi connectivity index (χ3n) is 7.03. The monoisotopic (exact) mass is 482 g/mol. The van der Waals surface area contributed by atoms with Crippen LogP contribution < -0.4 is 9.47 Å². The topological polar surface area (TPSA) is 53.6 Å². The molecule has 2 heterocycles. The van der Waals surface area contributed by atoms with Crippen LogP contribution in [0, 0.1) is 6.92 Å². The Morgan fingerprint density at radius 1 is 0.833 bits per heavy atom. The number of rotatable bonds is 8. The van der Waals surface area contributed by atoms with Crippen molar-refractivity contribution in [3.8, 4) is 22.9 Å². The summed E-state index contributed by atoms with van der Waals surface area (Å²) in [5.74, 6) is 2.34. The van der Waals surface area contributed by atoms with Crippen LogP contribution in [-0.2, 0) is 6.54 Å². The van der Waals surface area contributed by atoms with Gasteiger partial charge in [-0.2, -0.15) is 0 Å². The average Bonchev–Trinajstić information content (AvgIpc) is 3.30. The Hall–Kier alpha value is -3.61. The smallest absolute Gasteiger partial charge is 0.141 e. The number of hydrogen-bond acceptors (Lipinski definition) is 5. The molecule has 0 unspecified atom stereocenters. The van der Waals surface area contributed by atoms with E-state index in [9.17, 15) is 0 Å². The van der Waals surface area contributed by atoms with Crippen LogP contribution in [0.3, 0.4) is 0 Å². The number of aromatic nitrogens is 2. The van der Waals surface area contributed by atoms with E-state index in [0.29, 0.717) is 0 Å². The lowest BCUT2D eigenvalue weighted by Crippen LogP contribution is -2.47. The summed E-state index contributed by atoms with van der Waals surface area (Å²) in [7, 11) is 3.33. The van der Waals surface area contributed by atoms with Gasteiger partial charge in [0.25, 0.3) is 0 Å².